The fourth-order valence-electron chi connectivity index (χ4n) is 2.10. The second-order valence-corrected chi connectivity index (χ2v) is 4.06. The Morgan fingerprint density at radius 3 is 2.50 bits per heavy atom. The average Bonchev–Trinajstić information content (AvgIpc) is 2.34. The predicted octanol–water partition coefficient (Wildman–Crippen LogP) is 3.47. The Bertz CT molecular complexity index is 96.2. The second kappa shape index (κ2) is 3.41. The Balaban J connectivity index is 2.29. The molecule has 0 aromatic rings. The molecule has 0 amide bonds. The van der Waals surface area contributed by atoms with Gasteiger partial charge >= 0.3 is 0 Å². The third-order valence-corrected chi connectivity index (χ3v) is 3.18. The SMILES string of the molecule is CCC(C)C1CCC(C)C1. The van der Waals surface area contributed by atoms with Crippen LogP contribution in [-0.2, 0) is 0 Å². The molecule has 0 radical (unpaired) electrons. The fourth-order valence-corrected chi connectivity index (χ4v) is 2.10. The van der Waals surface area contributed by atoms with Crippen molar-refractivity contribution >= 4 is 0 Å². The highest BCUT2D eigenvalue weighted by molar-refractivity contribution is 4.75. The Kier molecular flexibility index (Phi) is 2.76. The van der Waals surface area contributed by atoms with Crippen LogP contribution in [0.5, 0.6) is 0 Å². The molecular formula is C10H20. The molecule has 0 heteroatoms. The highest BCUT2D eigenvalue weighted by atomic mass is 14.3. The maximum Gasteiger partial charge on any atom is -0.0386 e. The number of rotatable bonds is 2. The van der Waals surface area contributed by atoms with Crippen LogP contribution < -0.4 is 0 Å². The zero-order valence-corrected chi connectivity index (χ0v) is 7.56. The van der Waals surface area contributed by atoms with Gasteiger partial charge in [-0.2, -0.15) is 0 Å². The molecule has 10 heavy (non-hydrogen) atoms. The minimum Gasteiger partial charge on any atom is -0.0651 e. The summed E-state index contributed by atoms with van der Waals surface area (Å²) in [4.78, 5) is 0. The zero-order valence-electron chi connectivity index (χ0n) is 7.56. The number of hydrogen-bond acceptors (Lipinski definition) is 0. The molecule has 0 saturated heterocycles. The molecule has 0 N–H and O–H groups in total. The minimum absolute atomic E-state index is 0.977. The Hall–Kier alpha value is 0. The van der Waals surface area contributed by atoms with E-state index >= 15 is 0 Å². The van der Waals surface area contributed by atoms with Crippen LogP contribution in [0.15, 0.2) is 0 Å². The van der Waals surface area contributed by atoms with Crippen LogP contribution >= 0.6 is 0 Å². The van der Waals surface area contributed by atoms with Crippen molar-refractivity contribution in [3.63, 3.8) is 0 Å². The van der Waals surface area contributed by atoms with Crippen molar-refractivity contribution in [1.29, 1.82) is 0 Å². The lowest BCUT2D eigenvalue weighted by atomic mass is 9.90. The third-order valence-electron chi connectivity index (χ3n) is 3.18. The van der Waals surface area contributed by atoms with Crippen LogP contribution in [0, 0.1) is 17.8 Å². The first-order valence-electron chi connectivity index (χ1n) is 4.74. The predicted molar refractivity (Wildman–Crippen MR) is 46.0 cm³/mol. The van der Waals surface area contributed by atoms with E-state index in [0.717, 1.165) is 17.8 Å². The highest BCUT2D eigenvalue weighted by Crippen LogP contribution is 2.36. The first kappa shape index (κ1) is 8.10. The van der Waals surface area contributed by atoms with E-state index in [4.69, 9.17) is 0 Å². The fraction of sp³-hybridized carbons (Fsp3) is 1.00. The van der Waals surface area contributed by atoms with Crippen molar-refractivity contribution in [3.05, 3.63) is 0 Å². The maximum atomic E-state index is 2.41. The molecule has 0 aromatic carbocycles. The van der Waals surface area contributed by atoms with Gasteiger partial charge in [0.15, 0.2) is 0 Å². The van der Waals surface area contributed by atoms with E-state index in [1.54, 1.807) is 0 Å². The molecule has 0 bridgehead atoms. The van der Waals surface area contributed by atoms with Gasteiger partial charge in [0.2, 0.25) is 0 Å². The molecule has 1 fully saturated rings. The van der Waals surface area contributed by atoms with Crippen LogP contribution in [0.3, 0.4) is 0 Å². The topological polar surface area (TPSA) is 0 Å². The molecule has 1 aliphatic carbocycles. The second-order valence-electron chi connectivity index (χ2n) is 4.06. The van der Waals surface area contributed by atoms with Gasteiger partial charge in [0.1, 0.15) is 0 Å². The van der Waals surface area contributed by atoms with Crippen LogP contribution in [0.2, 0.25) is 0 Å². The minimum atomic E-state index is 0.977. The van der Waals surface area contributed by atoms with Gasteiger partial charge in [0.05, 0.1) is 0 Å². The number of hydrogen-bond donors (Lipinski definition) is 0. The first-order valence-corrected chi connectivity index (χ1v) is 4.74. The molecule has 0 spiro atoms. The van der Waals surface area contributed by atoms with Crippen LogP contribution in [0.1, 0.15) is 46.5 Å². The van der Waals surface area contributed by atoms with Crippen molar-refractivity contribution in [2.45, 2.75) is 46.5 Å². The summed E-state index contributed by atoms with van der Waals surface area (Å²) < 4.78 is 0. The van der Waals surface area contributed by atoms with Crippen molar-refractivity contribution < 1.29 is 0 Å². The summed E-state index contributed by atoms with van der Waals surface area (Å²) >= 11 is 0. The van der Waals surface area contributed by atoms with Crippen molar-refractivity contribution in [2.24, 2.45) is 17.8 Å². The monoisotopic (exact) mass is 140 g/mol. The molecule has 0 aromatic heterocycles. The highest BCUT2D eigenvalue weighted by Gasteiger charge is 2.24. The van der Waals surface area contributed by atoms with Gasteiger partial charge in [-0.1, -0.05) is 33.6 Å². The van der Waals surface area contributed by atoms with E-state index in [0.29, 0.717) is 0 Å². The summed E-state index contributed by atoms with van der Waals surface area (Å²) in [6.07, 6.45) is 5.84. The smallest absolute Gasteiger partial charge is 0.0386 e. The molecule has 1 aliphatic rings. The maximum absolute atomic E-state index is 2.41. The molecule has 1 rings (SSSR count). The Labute approximate surface area is 65.0 Å². The average molecular weight is 140 g/mol. The van der Waals surface area contributed by atoms with Crippen molar-refractivity contribution in [2.75, 3.05) is 0 Å². The van der Waals surface area contributed by atoms with Gasteiger partial charge in [-0.3, -0.25) is 0 Å². The van der Waals surface area contributed by atoms with Crippen LogP contribution in [-0.4, -0.2) is 0 Å². The summed E-state index contributed by atoms with van der Waals surface area (Å²) in [5.41, 5.74) is 0. The van der Waals surface area contributed by atoms with Crippen molar-refractivity contribution in [3.8, 4) is 0 Å². The third kappa shape index (κ3) is 1.74. The zero-order chi connectivity index (χ0) is 7.56. The van der Waals surface area contributed by atoms with E-state index in [1.165, 1.54) is 25.7 Å². The standard InChI is InChI=1S/C10H20/c1-4-9(3)10-6-5-8(2)7-10/h8-10H,4-7H2,1-3H3. The molecule has 0 heterocycles. The first-order chi connectivity index (χ1) is 4.74. The lowest BCUT2D eigenvalue weighted by Gasteiger charge is -2.16. The lowest BCUT2D eigenvalue weighted by Crippen LogP contribution is -2.06. The van der Waals surface area contributed by atoms with E-state index in [-0.39, 0.29) is 0 Å². The summed E-state index contributed by atoms with van der Waals surface area (Å²) in [7, 11) is 0. The van der Waals surface area contributed by atoms with E-state index < -0.39 is 0 Å². The molecule has 60 valence electrons. The van der Waals surface area contributed by atoms with Gasteiger partial charge < -0.3 is 0 Å². The van der Waals surface area contributed by atoms with Gasteiger partial charge in [-0.15, -0.1) is 0 Å². The lowest BCUT2D eigenvalue weighted by molar-refractivity contribution is 0.348. The quantitative estimate of drug-likeness (QED) is 0.551. The Morgan fingerprint density at radius 1 is 1.40 bits per heavy atom. The van der Waals surface area contributed by atoms with Gasteiger partial charge in [0.25, 0.3) is 0 Å². The largest absolute Gasteiger partial charge is 0.0651 e. The van der Waals surface area contributed by atoms with Gasteiger partial charge in [-0.25, -0.2) is 0 Å². The molecule has 3 unspecified atom stereocenters. The molecule has 1 saturated carbocycles. The van der Waals surface area contributed by atoms with Crippen LogP contribution in [0.25, 0.3) is 0 Å². The molecular weight excluding hydrogens is 120 g/mol. The normalized spacial score (nSPS) is 36.3. The van der Waals surface area contributed by atoms with Crippen molar-refractivity contribution in [1.82, 2.24) is 0 Å². The van der Waals surface area contributed by atoms with E-state index in [1.807, 2.05) is 0 Å². The summed E-state index contributed by atoms with van der Waals surface area (Å²) in [5.74, 6) is 3.05. The Morgan fingerprint density at radius 2 is 2.10 bits per heavy atom. The summed E-state index contributed by atoms with van der Waals surface area (Å²) in [5, 5.41) is 0. The molecule has 0 aliphatic heterocycles. The van der Waals surface area contributed by atoms with E-state index in [2.05, 4.69) is 20.8 Å². The molecule has 0 nitrogen and oxygen atoms in total. The van der Waals surface area contributed by atoms with Gasteiger partial charge in [0, 0.05) is 0 Å². The molecule has 3 atom stereocenters. The van der Waals surface area contributed by atoms with E-state index in [9.17, 15) is 0 Å². The summed E-state index contributed by atoms with van der Waals surface area (Å²) in [6, 6.07) is 0. The summed E-state index contributed by atoms with van der Waals surface area (Å²) in [6.45, 7) is 7.11. The van der Waals surface area contributed by atoms with Crippen LogP contribution in [0.4, 0.5) is 0 Å². The van der Waals surface area contributed by atoms with Gasteiger partial charge in [-0.05, 0) is 30.6 Å².